The van der Waals surface area contributed by atoms with Gasteiger partial charge in [-0.15, -0.1) is 0 Å². The van der Waals surface area contributed by atoms with Crippen LogP contribution in [0.4, 0.5) is 10.1 Å². The number of para-hydroxylation sites is 1. The van der Waals surface area contributed by atoms with E-state index in [0.717, 1.165) is 24.1 Å². The van der Waals surface area contributed by atoms with E-state index in [2.05, 4.69) is 0 Å². The number of hydrogen-bond donors (Lipinski definition) is 0. The molecule has 2 aromatic rings. The predicted molar refractivity (Wildman–Crippen MR) is 120 cm³/mol. The fourth-order valence-electron chi connectivity index (χ4n) is 5.44. The first-order valence-electron chi connectivity index (χ1n) is 11.5. The molecule has 1 saturated heterocycles. The number of amides is 2. The zero-order valence-electron chi connectivity index (χ0n) is 18.8. The van der Waals surface area contributed by atoms with Gasteiger partial charge >= 0.3 is 5.97 Å². The minimum absolute atomic E-state index is 0.0630. The van der Waals surface area contributed by atoms with Crippen LogP contribution in [0, 0.1) is 17.7 Å². The van der Waals surface area contributed by atoms with Gasteiger partial charge in [-0.25, -0.2) is 4.39 Å². The molecule has 7 heteroatoms. The summed E-state index contributed by atoms with van der Waals surface area (Å²) in [6, 6.07) is 12.9. The quantitative estimate of drug-likeness (QED) is 0.651. The van der Waals surface area contributed by atoms with E-state index in [4.69, 9.17) is 4.74 Å². The lowest BCUT2D eigenvalue weighted by Crippen LogP contribution is -2.62. The summed E-state index contributed by atoms with van der Waals surface area (Å²) in [6.45, 7) is 4.38. The summed E-state index contributed by atoms with van der Waals surface area (Å²) in [6.07, 6.45) is 2.16. The van der Waals surface area contributed by atoms with Gasteiger partial charge in [-0.3, -0.25) is 14.4 Å². The van der Waals surface area contributed by atoms with Crippen LogP contribution in [0.3, 0.4) is 0 Å². The molecule has 1 saturated carbocycles. The Hall–Kier alpha value is -3.22. The van der Waals surface area contributed by atoms with Crippen molar-refractivity contribution in [2.45, 2.75) is 38.1 Å². The first kappa shape index (κ1) is 21.6. The third-order valence-corrected chi connectivity index (χ3v) is 7.25. The summed E-state index contributed by atoms with van der Waals surface area (Å²) in [7, 11) is 0. The van der Waals surface area contributed by atoms with Crippen molar-refractivity contribution in [1.29, 1.82) is 0 Å². The maximum absolute atomic E-state index is 14.1. The second kappa shape index (κ2) is 7.97. The lowest BCUT2D eigenvalue weighted by Gasteiger charge is -2.46. The molecule has 2 aromatic carbocycles. The first-order chi connectivity index (χ1) is 15.9. The number of ether oxygens (including phenoxy) is 1. The number of anilines is 1. The molecule has 0 N–H and O–H groups in total. The summed E-state index contributed by atoms with van der Waals surface area (Å²) in [5.74, 6) is -2.19. The number of hydrogen-bond acceptors (Lipinski definition) is 4. The van der Waals surface area contributed by atoms with Crippen molar-refractivity contribution in [2.24, 2.45) is 11.8 Å². The van der Waals surface area contributed by atoms with E-state index in [9.17, 15) is 18.8 Å². The smallest absolute Gasteiger partial charge is 0.311 e. The van der Waals surface area contributed by atoms with E-state index in [-0.39, 0.29) is 24.6 Å². The van der Waals surface area contributed by atoms with Gasteiger partial charge in [0.15, 0.2) is 0 Å². The maximum Gasteiger partial charge on any atom is 0.311 e. The number of esters is 1. The number of halogens is 1. The van der Waals surface area contributed by atoms with Crippen LogP contribution in [0.1, 0.15) is 48.5 Å². The Morgan fingerprint density at radius 3 is 2.48 bits per heavy atom. The van der Waals surface area contributed by atoms with Crippen molar-refractivity contribution < 1.29 is 23.5 Å². The second-order valence-corrected chi connectivity index (χ2v) is 9.32. The maximum atomic E-state index is 14.1. The van der Waals surface area contributed by atoms with E-state index in [1.807, 2.05) is 24.3 Å². The zero-order chi connectivity index (χ0) is 23.3. The first-order valence-corrected chi connectivity index (χ1v) is 11.5. The van der Waals surface area contributed by atoms with Crippen molar-refractivity contribution in [2.75, 3.05) is 24.6 Å². The largest absolute Gasteiger partial charge is 0.466 e. The normalized spacial score (nSPS) is 26.1. The number of carbonyl (C=O) groups is 3. The molecule has 2 aliphatic heterocycles. The highest BCUT2D eigenvalue weighted by Crippen LogP contribution is 2.54. The van der Waals surface area contributed by atoms with Crippen molar-refractivity contribution in [3.63, 3.8) is 0 Å². The van der Waals surface area contributed by atoms with Gasteiger partial charge in [-0.2, -0.15) is 0 Å². The number of carbonyl (C=O) groups excluding carboxylic acids is 3. The molecule has 5 rings (SSSR count). The average Bonchev–Trinajstić information content (AvgIpc) is 3.57. The van der Waals surface area contributed by atoms with Crippen LogP contribution < -0.4 is 4.90 Å². The molecule has 6 nitrogen and oxygen atoms in total. The van der Waals surface area contributed by atoms with Crippen LogP contribution >= 0.6 is 0 Å². The lowest BCUT2D eigenvalue weighted by atomic mass is 9.72. The van der Waals surface area contributed by atoms with E-state index < -0.39 is 35.1 Å². The predicted octanol–water partition coefficient (Wildman–Crippen LogP) is 3.76. The standard InChI is InChI=1S/C26H27FN2O4/c1-3-33-24(31)20-15-29(23(30)17-10-12-18(27)13-11-17)26(2)22(20)19-6-4-5-7-21(19)28(25(26)32)14-16-8-9-16/h4-7,10-13,16,20,22H,3,8-9,14-15H2,1-2H3/t20-,22+,26-/m0/s1. The molecule has 0 bridgehead atoms. The molecule has 2 amide bonds. The third-order valence-electron chi connectivity index (χ3n) is 7.25. The third kappa shape index (κ3) is 3.41. The molecule has 33 heavy (non-hydrogen) atoms. The van der Waals surface area contributed by atoms with Gasteiger partial charge in [-0.1, -0.05) is 18.2 Å². The number of rotatable bonds is 5. The van der Waals surface area contributed by atoms with Crippen LogP contribution in [-0.2, 0) is 14.3 Å². The Balaban J connectivity index is 1.64. The Kier molecular flexibility index (Phi) is 5.22. The van der Waals surface area contributed by atoms with Crippen molar-refractivity contribution >= 4 is 23.5 Å². The number of fused-ring (bicyclic) bond motifs is 3. The molecule has 3 atom stereocenters. The lowest BCUT2D eigenvalue weighted by molar-refractivity contribution is -0.148. The highest BCUT2D eigenvalue weighted by molar-refractivity contribution is 6.09. The average molecular weight is 451 g/mol. The fourth-order valence-corrected chi connectivity index (χ4v) is 5.44. The van der Waals surface area contributed by atoms with Crippen LogP contribution in [0.5, 0.6) is 0 Å². The molecule has 3 aliphatic rings. The topological polar surface area (TPSA) is 66.9 Å². The molecule has 0 unspecified atom stereocenters. The fraction of sp³-hybridized carbons (Fsp3) is 0.423. The summed E-state index contributed by atoms with van der Waals surface area (Å²) >= 11 is 0. The minimum Gasteiger partial charge on any atom is -0.466 e. The van der Waals surface area contributed by atoms with E-state index >= 15 is 0 Å². The molecule has 1 aliphatic carbocycles. The van der Waals surface area contributed by atoms with Crippen LogP contribution in [0.15, 0.2) is 48.5 Å². The monoisotopic (exact) mass is 450 g/mol. The van der Waals surface area contributed by atoms with Crippen LogP contribution in [0.2, 0.25) is 0 Å². The molecule has 0 aromatic heterocycles. The molecule has 0 spiro atoms. The van der Waals surface area contributed by atoms with E-state index in [1.54, 1.807) is 18.7 Å². The van der Waals surface area contributed by atoms with E-state index in [1.165, 1.54) is 29.2 Å². The Bertz CT molecular complexity index is 1110. The summed E-state index contributed by atoms with van der Waals surface area (Å²) in [4.78, 5) is 44.1. The van der Waals surface area contributed by atoms with Crippen LogP contribution in [0.25, 0.3) is 0 Å². The summed E-state index contributed by atoms with van der Waals surface area (Å²) < 4.78 is 18.9. The highest BCUT2D eigenvalue weighted by Gasteiger charge is 2.64. The van der Waals surface area contributed by atoms with Gasteiger partial charge in [0.2, 0.25) is 0 Å². The molecule has 172 valence electrons. The summed E-state index contributed by atoms with van der Waals surface area (Å²) in [5, 5.41) is 0. The zero-order valence-corrected chi connectivity index (χ0v) is 18.8. The summed E-state index contributed by atoms with van der Waals surface area (Å²) in [5.41, 5.74) is 0.711. The van der Waals surface area contributed by atoms with Gasteiger partial charge in [-0.05, 0) is 68.5 Å². The van der Waals surface area contributed by atoms with Gasteiger partial charge < -0.3 is 14.5 Å². The van der Waals surface area contributed by atoms with Crippen LogP contribution in [-0.4, -0.2) is 47.9 Å². The Morgan fingerprint density at radius 2 is 1.82 bits per heavy atom. The molecule has 0 radical (unpaired) electrons. The van der Waals surface area contributed by atoms with Crippen molar-refractivity contribution in [3.8, 4) is 0 Å². The highest BCUT2D eigenvalue weighted by atomic mass is 19.1. The van der Waals surface area contributed by atoms with Crippen molar-refractivity contribution in [3.05, 3.63) is 65.5 Å². The Labute approximate surface area is 192 Å². The molecule has 2 heterocycles. The SMILES string of the molecule is CCOC(=O)[C@H]1CN(C(=O)c2ccc(F)cc2)[C@]2(C)C(=O)N(CC3CC3)c3ccccc3[C@H]12. The molecule has 2 fully saturated rings. The number of nitrogens with zero attached hydrogens (tertiary/aromatic N) is 2. The molecular weight excluding hydrogens is 423 g/mol. The van der Waals surface area contributed by atoms with E-state index in [0.29, 0.717) is 12.5 Å². The number of benzene rings is 2. The van der Waals surface area contributed by atoms with Crippen molar-refractivity contribution in [1.82, 2.24) is 4.90 Å². The van der Waals surface area contributed by atoms with Gasteiger partial charge in [0, 0.05) is 30.3 Å². The number of likely N-dealkylation sites (tertiary alicyclic amines) is 1. The van der Waals surface area contributed by atoms with Gasteiger partial charge in [0.25, 0.3) is 11.8 Å². The minimum atomic E-state index is -1.26. The second-order valence-electron chi connectivity index (χ2n) is 9.32. The molecular formula is C26H27FN2O4. The van der Waals surface area contributed by atoms with Gasteiger partial charge in [0.05, 0.1) is 12.5 Å². The van der Waals surface area contributed by atoms with Gasteiger partial charge in [0.1, 0.15) is 11.4 Å². The Morgan fingerprint density at radius 1 is 1.12 bits per heavy atom.